The lowest BCUT2D eigenvalue weighted by atomic mass is 9.81. The van der Waals surface area contributed by atoms with Crippen molar-refractivity contribution >= 4 is 68.8 Å². The molecule has 0 unspecified atom stereocenters. The van der Waals surface area contributed by atoms with Gasteiger partial charge in [-0.3, -0.25) is 14.9 Å². The summed E-state index contributed by atoms with van der Waals surface area (Å²) < 4.78 is 28.2. The molecule has 0 saturated carbocycles. The van der Waals surface area contributed by atoms with Gasteiger partial charge in [0.25, 0.3) is 0 Å². The summed E-state index contributed by atoms with van der Waals surface area (Å²) in [5, 5.41) is 29.3. The maximum atomic E-state index is 14.3. The van der Waals surface area contributed by atoms with Crippen molar-refractivity contribution in [2.24, 2.45) is 11.8 Å². The standard InChI is InChI=1S/C54H69ClN4O12S2/c1-31-16-15-21-45(68-10)54(66)28-44(71-52(65)57-54)33(3)49(62)32(2)42(27-47(61)59(8)41-25-35(24-31)26-43(67-9)48(41)55)70-50(63)34(4)58(7)46(60)22-23-72-73-53(5,6)30-56-51(64)69-29-40-38-19-13-11-17-36(38)37-18-12-14-20-39(37)40/h11-21,25-26,32-34,40,42,44-45,49,62,66H,22-24,27-30H2,1-10H3,(H,56,64)(H,57,65)/b21-15+,31-16+/t32-,33-,34+,42+,44+,45-,49-,54+/m1/s1. The molecule has 16 nitrogen and oxygen atoms in total. The predicted octanol–water partition coefficient (Wildman–Crippen LogP) is 8.44. The number of rotatable bonds is 14. The van der Waals surface area contributed by atoms with Crippen molar-refractivity contribution in [1.29, 1.82) is 0 Å². The van der Waals surface area contributed by atoms with E-state index < -0.39 is 83.2 Å². The van der Waals surface area contributed by atoms with Gasteiger partial charge in [-0.05, 0) is 74.1 Å². The van der Waals surface area contributed by atoms with Gasteiger partial charge in [-0.1, -0.05) is 119 Å². The molecule has 6 rings (SSSR count). The van der Waals surface area contributed by atoms with E-state index in [0.717, 1.165) is 33.4 Å². The van der Waals surface area contributed by atoms with Crippen LogP contribution in [0.15, 0.2) is 84.5 Å². The van der Waals surface area contributed by atoms with Gasteiger partial charge in [-0.15, -0.1) is 0 Å². The number of hydrogen-bond acceptors (Lipinski definition) is 14. The molecule has 1 aliphatic carbocycles. The molecule has 3 aromatic carbocycles. The van der Waals surface area contributed by atoms with Gasteiger partial charge < -0.3 is 49.0 Å². The molecule has 3 aliphatic rings. The maximum absolute atomic E-state index is 14.3. The number of carbonyl (C=O) groups excluding carboxylic acids is 5. The molecule has 396 valence electrons. The zero-order valence-corrected chi connectivity index (χ0v) is 45.5. The summed E-state index contributed by atoms with van der Waals surface area (Å²) in [5.74, 6) is -2.78. The van der Waals surface area contributed by atoms with E-state index in [1.165, 1.54) is 66.6 Å². The van der Waals surface area contributed by atoms with Crippen molar-refractivity contribution in [1.82, 2.24) is 15.5 Å². The Morgan fingerprint density at radius 1 is 1.05 bits per heavy atom. The Morgan fingerprint density at radius 3 is 2.36 bits per heavy atom. The summed E-state index contributed by atoms with van der Waals surface area (Å²) in [6, 6.07) is 18.7. The number of carbonyl (C=O) groups is 5. The number of esters is 1. The number of halogens is 1. The number of methoxy groups -OCH3 is 2. The summed E-state index contributed by atoms with van der Waals surface area (Å²) in [7, 11) is 8.87. The van der Waals surface area contributed by atoms with Crippen LogP contribution in [0, 0.1) is 11.8 Å². The topological polar surface area (TPSA) is 202 Å². The van der Waals surface area contributed by atoms with Crippen LogP contribution in [0.3, 0.4) is 0 Å². The van der Waals surface area contributed by atoms with E-state index in [0.29, 0.717) is 30.2 Å². The van der Waals surface area contributed by atoms with Gasteiger partial charge in [-0.25, -0.2) is 14.4 Å². The Bertz CT molecular complexity index is 2520. The molecule has 19 heteroatoms. The number of benzene rings is 3. The fraction of sp³-hybridized carbons (Fsp3) is 0.500. The highest BCUT2D eigenvalue weighted by Crippen LogP contribution is 2.45. The summed E-state index contributed by atoms with van der Waals surface area (Å²) in [6.45, 7) is 11.1. The third-order valence-electron chi connectivity index (χ3n) is 13.9. The first-order valence-corrected chi connectivity index (χ1v) is 27.0. The van der Waals surface area contributed by atoms with E-state index in [4.69, 9.17) is 35.3 Å². The van der Waals surface area contributed by atoms with Gasteiger partial charge in [-0.2, -0.15) is 0 Å². The Labute approximate surface area is 441 Å². The van der Waals surface area contributed by atoms with E-state index >= 15 is 0 Å². The Kier molecular flexibility index (Phi) is 19.4. The third kappa shape index (κ3) is 13.9. The number of anilines is 1. The molecule has 4 amide bonds. The van der Waals surface area contributed by atoms with Gasteiger partial charge in [0.2, 0.25) is 11.8 Å². The highest BCUT2D eigenvalue weighted by atomic mass is 35.5. The number of ether oxygens (including phenoxy) is 5. The number of amides is 4. The molecule has 3 aromatic rings. The van der Waals surface area contributed by atoms with Crippen LogP contribution in [0.5, 0.6) is 5.75 Å². The molecule has 1 fully saturated rings. The monoisotopic (exact) mass is 1060 g/mol. The van der Waals surface area contributed by atoms with E-state index in [9.17, 15) is 34.2 Å². The van der Waals surface area contributed by atoms with E-state index in [1.807, 2.05) is 51.1 Å². The Hall–Kier alpha value is -5.24. The SMILES string of the molecule is COc1cc2cc(c1Cl)N(C)C(=O)C[C@H](OC(=O)[C@H](C)N(C)C(=O)CCSSC(C)(C)CNC(=O)OCC1c3ccccc3-c3ccccc31)[C@@H](C)[C@@H](O)[C@H](C)[C@@H]1C[C@@](O)(NC(=O)O1)[C@H](OC)/C=C/C=C(\C)C2. The number of alkyl carbamates (subject to hydrolysis) is 2. The van der Waals surface area contributed by atoms with Crippen LogP contribution >= 0.6 is 33.2 Å². The summed E-state index contributed by atoms with van der Waals surface area (Å²) in [4.78, 5) is 70.4. The number of hydrogen-bond donors (Lipinski definition) is 4. The molecule has 2 aliphatic heterocycles. The maximum Gasteiger partial charge on any atom is 0.409 e. The zero-order valence-electron chi connectivity index (χ0n) is 43.1. The predicted molar refractivity (Wildman–Crippen MR) is 285 cm³/mol. The average Bonchev–Trinajstić information content (AvgIpc) is 3.68. The average molecular weight is 1070 g/mol. The molecular weight excluding hydrogens is 996 g/mol. The molecule has 0 radical (unpaired) electrons. The lowest BCUT2D eigenvalue weighted by Crippen LogP contribution is -2.64. The van der Waals surface area contributed by atoms with Crippen LogP contribution in [-0.2, 0) is 39.8 Å². The Balaban J connectivity index is 1.09. The van der Waals surface area contributed by atoms with Gasteiger partial charge in [0.15, 0.2) is 5.72 Å². The fourth-order valence-corrected chi connectivity index (χ4v) is 12.0. The van der Waals surface area contributed by atoms with Gasteiger partial charge in [0.1, 0.15) is 41.7 Å². The molecular formula is C54H69ClN4O12S2. The fourth-order valence-electron chi connectivity index (χ4n) is 9.28. The van der Waals surface area contributed by atoms with Crippen molar-refractivity contribution in [2.75, 3.05) is 52.1 Å². The van der Waals surface area contributed by atoms with E-state index in [-0.39, 0.29) is 36.3 Å². The summed E-state index contributed by atoms with van der Waals surface area (Å²) >= 11 is 6.81. The van der Waals surface area contributed by atoms with Gasteiger partial charge >= 0.3 is 18.2 Å². The van der Waals surface area contributed by atoms with Crippen molar-refractivity contribution < 1.29 is 57.9 Å². The van der Waals surface area contributed by atoms with Crippen LogP contribution in [-0.4, -0.2) is 133 Å². The zero-order chi connectivity index (χ0) is 53.4. The van der Waals surface area contributed by atoms with Crippen molar-refractivity contribution in [2.45, 2.75) is 114 Å². The molecule has 73 heavy (non-hydrogen) atoms. The highest BCUT2D eigenvalue weighted by molar-refractivity contribution is 8.77. The number of nitrogens with zero attached hydrogens (tertiary/aromatic N) is 2. The minimum Gasteiger partial charge on any atom is -0.495 e. The minimum atomic E-state index is -1.93. The van der Waals surface area contributed by atoms with Crippen molar-refractivity contribution in [3.05, 3.63) is 106 Å². The van der Waals surface area contributed by atoms with Crippen molar-refractivity contribution in [3.63, 3.8) is 0 Å². The summed E-state index contributed by atoms with van der Waals surface area (Å²) in [5.41, 5.74) is 4.62. The summed E-state index contributed by atoms with van der Waals surface area (Å²) in [6.07, 6.45) is -1.04. The highest BCUT2D eigenvalue weighted by Gasteiger charge is 2.49. The van der Waals surface area contributed by atoms with Gasteiger partial charge in [0.05, 0.1) is 25.3 Å². The van der Waals surface area contributed by atoms with Crippen molar-refractivity contribution in [3.8, 4) is 16.9 Å². The largest absolute Gasteiger partial charge is 0.495 e. The number of allylic oxidation sites excluding steroid dienone is 3. The Morgan fingerprint density at radius 2 is 1.71 bits per heavy atom. The third-order valence-corrected chi connectivity index (χ3v) is 17.6. The quantitative estimate of drug-likeness (QED) is 0.0518. The molecule has 0 spiro atoms. The number of nitrogens with one attached hydrogen (secondary N) is 2. The lowest BCUT2D eigenvalue weighted by molar-refractivity contribution is -0.167. The molecule has 2 heterocycles. The normalized spacial score (nSPS) is 25.2. The molecule has 4 bridgehead atoms. The first-order valence-electron chi connectivity index (χ1n) is 24.3. The number of aliphatic hydroxyl groups is 2. The lowest BCUT2D eigenvalue weighted by Gasteiger charge is -2.43. The second-order valence-electron chi connectivity index (χ2n) is 19.7. The number of aliphatic hydroxyl groups excluding tert-OH is 1. The molecule has 0 aromatic heterocycles. The van der Waals surface area contributed by atoms with Crippen LogP contribution < -0.4 is 20.3 Å². The van der Waals surface area contributed by atoms with Gasteiger partial charge in [0, 0.05) is 68.8 Å². The first kappa shape index (κ1) is 57.0. The minimum absolute atomic E-state index is 0.0548. The molecule has 1 saturated heterocycles. The smallest absolute Gasteiger partial charge is 0.409 e. The van der Waals surface area contributed by atoms with Crippen LogP contribution in [0.25, 0.3) is 11.1 Å². The second kappa shape index (κ2) is 24.9. The molecule has 8 atom stereocenters. The first-order chi connectivity index (χ1) is 34.6. The van der Waals surface area contributed by atoms with E-state index in [1.54, 1.807) is 38.1 Å². The van der Waals surface area contributed by atoms with Crippen LogP contribution in [0.4, 0.5) is 15.3 Å². The number of likely N-dealkylation sites (N-methyl/N-ethyl adjacent to an activating group) is 1. The molecule has 4 N–H and O–H groups in total. The van der Waals surface area contributed by atoms with Crippen LogP contribution in [0.2, 0.25) is 5.02 Å². The van der Waals surface area contributed by atoms with Crippen LogP contribution in [0.1, 0.15) is 83.4 Å². The number of fused-ring (bicyclic) bond motifs is 7. The second-order valence-corrected chi connectivity index (χ2v) is 23.2. The van der Waals surface area contributed by atoms with E-state index in [2.05, 4.69) is 34.9 Å².